The Morgan fingerprint density at radius 2 is 1.78 bits per heavy atom. The fourth-order valence-corrected chi connectivity index (χ4v) is 1.65. The molecule has 0 aliphatic rings. The van der Waals surface area contributed by atoms with E-state index in [0.29, 0.717) is 5.56 Å². The second kappa shape index (κ2) is 4.92. The molecule has 0 unspecified atom stereocenters. The van der Waals surface area contributed by atoms with Crippen LogP contribution in [0.1, 0.15) is 27.0 Å². The van der Waals surface area contributed by atoms with Crippen molar-refractivity contribution in [1.29, 1.82) is 0 Å². The van der Waals surface area contributed by atoms with Gasteiger partial charge < -0.3 is 0 Å². The molecule has 2 aromatic rings. The van der Waals surface area contributed by atoms with Crippen LogP contribution in [0.3, 0.4) is 0 Å². The smallest absolute Gasteiger partial charge is 0.234 e. The standard InChI is InChI=1S/C15H10FO2/c1-10-2-4-11(5-3-10)15(18)14-8-13(16)7-6-12(14)9-17/h2-8H,1H3. The molecule has 0 bridgehead atoms. The second-order valence-corrected chi connectivity index (χ2v) is 3.99. The highest BCUT2D eigenvalue weighted by atomic mass is 19.1. The minimum absolute atomic E-state index is 0.0360. The molecule has 89 valence electrons. The van der Waals surface area contributed by atoms with Crippen LogP contribution in [0.2, 0.25) is 0 Å². The predicted molar refractivity (Wildman–Crippen MR) is 65.8 cm³/mol. The van der Waals surface area contributed by atoms with Gasteiger partial charge in [0, 0.05) is 16.7 Å². The SMILES string of the molecule is Cc1ccc(C(=O)c2cc(F)ccc2[C]=O)cc1. The summed E-state index contributed by atoms with van der Waals surface area (Å²) in [4.78, 5) is 22.9. The molecule has 0 saturated carbocycles. The summed E-state index contributed by atoms with van der Waals surface area (Å²) in [6.45, 7) is 1.90. The van der Waals surface area contributed by atoms with Gasteiger partial charge in [-0.25, -0.2) is 4.39 Å². The predicted octanol–water partition coefficient (Wildman–Crippen LogP) is 2.82. The first-order valence-corrected chi connectivity index (χ1v) is 5.41. The molecule has 0 heterocycles. The highest BCUT2D eigenvalue weighted by Gasteiger charge is 2.14. The lowest BCUT2D eigenvalue weighted by Gasteiger charge is -2.04. The maximum absolute atomic E-state index is 13.1. The number of carbonyl (C=O) groups excluding carboxylic acids is 2. The fourth-order valence-electron chi connectivity index (χ4n) is 1.65. The monoisotopic (exact) mass is 241 g/mol. The zero-order valence-electron chi connectivity index (χ0n) is 9.74. The number of benzene rings is 2. The number of ketones is 1. The molecular formula is C15H10FO2. The number of carbonyl (C=O) groups is 1. The van der Waals surface area contributed by atoms with Gasteiger partial charge in [-0.15, -0.1) is 0 Å². The van der Waals surface area contributed by atoms with Gasteiger partial charge in [0.15, 0.2) is 5.78 Å². The Bertz CT molecular complexity index is 600. The van der Waals surface area contributed by atoms with Crippen LogP contribution in [0.5, 0.6) is 0 Å². The van der Waals surface area contributed by atoms with Crippen molar-refractivity contribution in [3.05, 3.63) is 70.5 Å². The highest BCUT2D eigenvalue weighted by molar-refractivity contribution is 6.12. The van der Waals surface area contributed by atoms with Crippen LogP contribution in [0.4, 0.5) is 4.39 Å². The Hall–Kier alpha value is -2.29. The normalized spacial score (nSPS) is 10.1. The number of halogens is 1. The average molecular weight is 241 g/mol. The quantitative estimate of drug-likeness (QED) is 0.774. The average Bonchev–Trinajstić information content (AvgIpc) is 2.39. The number of hydrogen-bond donors (Lipinski definition) is 0. The van der Waals surface area contributed by atoms with Crippen molar-refractivity contribution in [3.8, 4) is 0 Å². The number of aryl methyl sites for hydroxylation is 1. The van der Waals surface area contributed by atoms with Crippen LogP contribution in [0.15, 0.2) is 42.5 Å². The van der Waals surface area contributed by atoms with E-state index in [4.69, 9.17) is 0 Å². The van der Waals surface area contributed by atoms with Gasteiger partial charge in [-0.05, 0) is 25.1 Å². The second-order valence-electron chi connectivity index (χ2n) is 3.99. The largest absolute Gasteiger partial charge is 0.289 e. The fraction of sp³-hybridized carbons (Fsp3) is 0.0667. The van der Waals surface area contributed by atoms with Crippen molar-refractivity contribution >= 4 is 12.1 Å². The van der Waals surface area contributed by atoms with Crippen molar-refractivity contribution < 1.29 is 14.0 Å². The van der Waals surface area contributed by atoms with Crippen LogP contribution >= 0.6 is 0 Å². The summed E-state index contributed by atoms with van der Waals surface area (Å²) in [5.41, 5.74) is 1.55. The van der Waals surface area contributed by atoms with E-state index in [1.54, 1.807) is 30.6 Å². The molecule has 0 fully saturated rings. The molecule has 0 aliphatic carbocycles. The van der Waals surface area contributed by atoms with Gasteiger partial charge in [-0.3, -0.25) is 9.59 Å². The van der Waals surface area contributed by atoms with Crippen molar-refractivity contribution in [2.75, 3.05) is 0 Å². The summed E-state index contributed by atoms with van der Waals surface area (Å²) in [5.74, 6) is -0.933. The lowest BCUT2D eigenvalue weighted by atomic mass is 9.98. The summed E-state index contributed by atoms with van der Waals surface area (Å²) >= 11 is 0. The van der Waals surface area contributed by atoms with Crippen LogP contribution < -0.4 is 0 Å². The molecule has 0 saturated heterocycles. The first kappa shape index (κ1) is 12.2. The van der Waals surface area contributed by atoms with Crippen molar-refractivity contribution in [3.63, 3.8) is 0 Å². The van der Waals surface area contributed by atoms with Gasteiger partial charge in [0.05, 0.1) is 0 Å². The van der Waals surface area contributed by atoms with E-state index in [-0.39, 0.29) is 16.9 Å². The first-order chi connectivity index (χ1) is 8.61. The molecule has 2 aromatic carbocycles. The van der Waals surface area contributed by atoms with Gasteiger partial charge in [0.2, 0.25) is 6.29 Å². The maximum atomic E-state index is 13.1. The highest BCUT2D eigenvalue weighted by Crippen LogP contribution is 2.15. The number of hydrogen-bond acceptors (Lipinski definition) is 2. The summed E-state index contributed by atoms with van der Waals surface area (Å²) in [5, 5.41) is 0. The van der Waals surface area contributed by atoms with Crippen LogP contribution in [0, 0.1) is 12.7 Å². The molecule has 2 nitrogen and oxygen atoms in total. The molecule has 0 aromatic heterocycles. The molecule has 0 aliphatic heterocycles. The molecule has 1 radical (unpaired) electrons. The summed E-state index contributed by atoms with van der Waals surface area (Å²) in [7, 11) is 0. The maximum Gasteiger partial charge on any atom is 0.234 e. The molecule has 0 spiro atoms. The van der Waals surface area contributed by atoms with E-state index < -0.39 is 5.82 Å². The third-order valence-electron chi connectivity index (χ3n) is 2.65. The van der Waals surface area contributed by atoms with Gasteiger partial charge in [0.1, 0.15) is 5.82 Å². The lowest BCUT2D eigenvalue weighted by molar-refractivity contribution is 0.103. The molecule has 0 atom stereocenters. The van der Waals surface area contributed by atoms with Gasteiger partial charge in [-0.2, -0.15) is 0 Å². The summed E-state index contributed by atoms with van der Waals surface area (Å²) in [6.07, 6.45) is 1.65. The van der Waals surface area contributed by atoms with Crippen molar-refractivity contribution in [2.45, 2.75) is 6.92 Å². The Kier molecular flexibility index (Phi) is 3.33. The third-order valence-corrected chi connectivity index (χ3v) is 2.65. The zero-order valence-corrected chi connectivity index (χ0v) is 9.74. The molecule has 2 rings (SSSR count). The van der Waals surface area contributed by atoms with Crippen LogP contribution in [0.25, 0.3) is 0 Å². The third kappa shape index (κ3) is 2.35. The molecule has 3 heteroatoms. The topological polar surface area (TPSA) is 34.1 Å². The van der Waals surface area contributed by atoms with Gasteiger partial charge in [-0.1, -0.05) is 29.8 Å². The van der Waals surface area contributed by atoms with Crippen LogP contribution in [-0.4, -0.2) is 12.1 Å². The molecule has 18 heavy (non-hydrogen) atoms. The van der Waals surface area contributed by atoms with E-state index in [1.165, 1.54) is 6.07 Å². The van der Waals surface area contributed by atoms with Crippen molar-refractivity contribution in [1.82, 2.24) is 0 Å². The van der Waals surface area contributed by atoms with E-state index in [2.05, 4.69) is 0 Å². The van der Waals surface area contributed by atoms with Gasteiger partial charge in [0.25, 0.3) is 0 Å². The Morgan fingerprint density at radius 3 is 2.39 bits per heavy atom. The Morgan fingerprint density at radius 1 is 1.11 bits per heavy atom. The van der Waals surface area contributed by atoms with E-state index in [9.17, 15) is 14.0 Å². The molecular weight excluding hydrogens is 231 g/mol. The Balaban J connectivity index is 2.48. The van der Waals surface area contributed by atoms with E-state index in [0.717, 1.165) is 17.7 Å². The lowest BCUT2D eigenvalue weighted by Crippen LogP contribution is -2.06. The van der Waals surface area contributed by atoms with E-state index >= 15 is 0 Å². The summed E-state index contributed by atoms with van der Waals surface area (Å²) < 4.78 is 13.1. The van der Waals surface area contributed by atoms with Crippen LogP contribution in [-0.2, 0) is 4.79 Å². The summed E-state index contributed by atoms with van der Waals surface area (Å²) in [6, 6.07) is 10.3. The minimum atomic E-state index is -0.551. The number of rotatable bonds is 3. The van der Waals surface area contributed by atoms with E-state index in [1.807, 2.05) is 6.92 Å². The minimum Gasteiger partial charge on any atom is -0.289 e. The van der Waals surface area contributed by atoms with Crippen molar-refractivity contribution in [2.24, 2.45) is 0 Å². The van der Waals surface area contributed by atoms with Gasteiger partial charge >= 0.3 is 0 Å². The molecule has 0 amide bonds. The Labute approximate surface area is 104 Å². The molecule has 0 N–H and O–H groups in total. The zero-order chi connectivity index (χ0) is 13.1. The first-order valence-electron chi connectivity index (χ1n) is 5.41.